The molecule has 0 radical (unpaired) electrons. The third-order valence-corrected chi connectivity index (χ3v) is 3.63. The molecular weight excluding hydrogens is 283 g/mol. The fourth-order valence-corrected chi connectivity index (χ4v) is 2.60. The summed E-state index contributed by atoms with van der Waals surface area (Å²) < 4.78 is 0. The molecule has 0 aromatic heterocycles. The van der Waals surface area contributed by atoms with Crippen LogP contribution in [0.25, 0.3) is 0 Å². The third-order valence-electron chi connectivity index (χ3n) is 1.98. The molecule has 0 aliphatic carbocycles. The number of halogens is 3. The Morgan fingerprint density at radius 2 is 1.86 bits per heavy atom. The van der Waals surface area contributed by atoms with Crippen molar-refractivity contribution >= 4 is 39.1 Å². The highest BCUT2D eigenvalue weighted by Crippen LogP contribution is 2.33. The molecule has 0 heterocycles. The first-order valence-corrected chi connectivity index (χ1v) is 6.27. The van der Waals surface area contributed by atoms with Crippen LogP contribution in [0.5, 0.6) is 0 Å². The molecule has 1 atom stereocenters. The molecule has 14 heavy (non-hydrogen) atoms. The van der Waals surface area contributed by atoms with Gasteiger partial charge in [0.15, 0.2) is 0 Å². The van der Waals surface area contributed by atoms with Crippen molar-refractivity contribution in [3.8, 4) is 0 Å². The van der Waals surface area contributed by atoms with Crippen LogP contribution in [0, 0.1) is 5.92 Å². The quantitative estimate of drug-likeness (QED) is 0.648. The van der Waals surface area contributed by atoms with E-state index >= 15 is 0 Å². The van der Waals surface area contributed by atoms with Crippen LogP contribution in [0.2, 0.25) is 10.0 Å². The van der Waals surface area contributed by atoms with Gasteiger partial charge in [0.1, 0.15) is 0 Å². The Morgan fingerprint density at radius 3 is 2.36 bits per heavy atom. The monoisotopic (exact) mass is 294 g/mol. The zero-order valence-electron chi connectivity index (χ0n) is 8.23. The van der Waals surface area contributed by atoms with Crippen LogP contribution in [0.3, 0.4) is 0 Å². The van der Waals surface area contributed by atoms with E-state index in [0.717, 1.165) is 6.42 Å². The van der Waals surface area contributed by atoms with Gasteiger partial charge in [0.2, 0.25) is 0 Å². The maximum Gasteiger partial charge on any atom is 0.0595 e. The van der Waals surface area contributed by atoms with Gasteiger partial charge in [-0.25, -0.2) is 0 Å². The molecule has 0 fully saturated rings. The van der Waals surface area contributed by atoms with Gasteiger partial charge in [-0.15, -0.1) is 0 Å². The van der Waals surface area contributed by atoms with Gasteiger partial charge in [-0.05, 0) is 30.0 Å². The third kappa shape index (κ3) is 3.45. The summed E-state index contributed by atoms with van der Waals surface area (Å²) in [6.07, 6.45) is 1.10. The lowest BCUT2D eigenvalue weighted by Crippen LogP contribution is -1.95. The van der Waals surface area contributed by atoms with Crippen LogP contribution >= 0.6 is 39.1 Å². The average Bonchev–Trinajstić information content (AvgIpc) is 2.08. The number of hydrogen-bond acceptors (Lipinski definition) is 0. The molecule has 0 aliphatic heterocycles. The van der Waals surface area contributed by atoms with Gasteiger partial charge in [-0.2, -0.15) is 0 Å². The zero-order chi connectivity index (χ0) is 10.7. The first kappa shape index (κ1) is 12.4. The van der Waals surface area contributed by atoms with E-state index in [9.17, 15) is 0 Å². The molecule has 0 spiro atoms. The number of alkyl halides is 1. The highest BCUT2D eigenvalue weighted by Gasteiger charge is 2.10. The lowest BCUT2D eigenvalue weighted by atomic mass is 10.0. The summed E-state index contributed by atoms with van der Waals surface area (Å²) in [6.45, 7) is 4.40. The molecule has 78 valence electrons. The minimum absolute atomic E-state index is 0.359. The van der Waals surface area contributed by atoms with Gasteiger partial charge in [0, 0.05) is 4.83 Å². The molecule has 0 aliphatic rings. The first-order chi connectivity index (χ1) is 6.50. The second kappa shape index (κ2) is 5.39. The lowest BCUT2D eigenvalue weighted by molar-refractivity contribution is 0.584. The summed E-state index contributed by atoms with van der Waals surface area (Å²) >= 11 is 15.4. The standard InChI is InChI=1S/C11H13BrCl2/c1-7(2)5-9(12)8-3-4-10(13)11(14)6-8/h3-4,6-7,9H,5H2,1-2H3. The summed E-state index contributed by atoms with van der Waals surface area (Å²) in [4.78, 5) is 0.359. The van der Waals surface area contributed by atoms with Gasteiger partial charge < -0.3 is 0 Å². The molecule has 3 heteroatoms. The van der Waals surface area contributed by atoms with E-state index in [1.807, 2.05) is 18.2 Å². The van der Waals surface area contributed by atoms with Gasteiger partial charge in [-0.3, -0.25) is 0 Å². The van der Waals surface area contributed by atoms with Crippen LogP contribution in [0.15, 0.2) is 18.2 Å². The van der Waals surface area contributed by atoms with Crippen molar-refractivity contribution < 1.29 is 0 Å². The van der Waals surface area contributed by atoms with Crippen LogP contribution < -0.4 is 0 Å². The minimum Gasteiger partial charge on any atom is -0.0839 e. The maximum absolute atomic E-state index is 5.94. The molecule has 0 saturated heterocycles. The number of benzene rings is 1. The van der Waals surface area contributed by atoms with Crippen LogP contribution in [-0.2, 0) is 0 Å². The predicted octanol–water partition coefficient (Wildman–Crippen LogP) is 5.48. The van der Waals surface area contributed by atoms with Crippen molar-refractivity contribution in [3.05, 3.63) is 33.8 Å². The van der Waals surface area contributed by atoms with Crippen LogP contribution in [-0.4, -0.2) is 0 Å². The lowest BCUT2D eigenvalue weighted by Gasteiger charge is -2.13. The van der Waals surface area contributed by atoms with E-state index in [-0.39, 0.29) is 0 Å². The topological polar surface area (TPSA) is 0 Å². The smallest absolute Gasteiger partial charge is 0.0595 e. The van der Waals surface area contributed by atoms with E-state index in [0.29, 0.717) is 20.8 Å². The zero-order valence-corrected chi connectivity index (χ0v) is 11.3. The van der Waals surface area contributed by atoms with Crippen molar-refractivity contribution in [1.29, 1.82) is 0 Å². The van der Waals surface area contributed by atoms with Crippen molar-refractivity contribution in [3.63, 3.8) is 0 Å². The second-order valence-corrected chi connectivity index (χ2v) is 5.69. The van der Waals surface area contributed by atoms with E-state index in [1.165, 1.54) is 5.56 Å². The Kier molecular flexibility index (Phi) is 4.75. The van der Waals surface area contributed by atoms with E-state index < -0.39 is 0 Å². The van der Waals surface area contributed by atoms with Crippen LogP contribution in [0.4, 0.5) is 0 Å². The molecule has 0 nitrogen and oxygen atoms in total. The Hall–Kier alpha value is 0.280. The average molecular weight is 296 g/mol. The largest absolute Gasteiger partial charge is 0.0839 e. The molecule has 1 aromatic rings. The molecular formula is C11H13BrCl2. The first-order valence-electron chi connectivity index (χ1n) is 4.59. The summed E-state index contributed by atoms with van der Waals surface area (Å²) in [6, 6.07) is 5.77. The SMILES string of the molecule is CC(C)CC(Br)c1ccc(Cl)c(Cl)c1. The molecule has 1 aromatic carbocycles. The fourth-order valence-electron chi connectivity index (χ4n) is 1.26. The highest BCUT2D eigenvalue weighted by atomic mass is 79.9. The van der Waals surface area contributed by atoms with Gasteiger partial charge in [0.25, 0.3) is 0 Å². The molecule has 0 amide bonds. The van der Waals surface area contributed by atoms with E-state index in [2.05, 4.69) is 29.8 Å². The Morgan fingerprint density at radius 1 is 1.21 bits per heavy atom. The predicted molar refractivity (Wildman–Crippen MR) is 67.6 cm³/mol. The summed E-state index contributed by atoms with van der Waals surface area (Å²) in [7, 11) is 0. The fraction of sp³-hybridized carbons (Fsp3) is 0.455. The summed E-state index contributed by atoms with van der Waals surface area (Å²) in [5.74, 6) is 0.661. The number of rotatable bonds is 3. The molecule has 0 saturated carbocycles. The van der Waals surface area contributed by atoms with Gasteiger partial charge in [0.05, 0.1) is 10.0 Å². The normalized spacial score (nSPS) is 13.3. The highest BCUT2D eigenvalue weighted by molar-refractivity contribution is 9.09. The number of hydrogen-bond donors (Lipinski definition) is 0. The minimum atomic E-state index is 0.359. The van der Waals surface area contributed by atoms with Gasteiger partial charge >= 0.3 is 0 Å². The maximum atomic E-state index is 5.94. The molecule has 1 rings (SSSR count). The summed E-state index contributed by atoms with van der Waals surface area (Å²) in [5, 5.41) is 1.23. The van der Waals surface area contributed by atoms with Crippen LogP contribution in [0.1, 0.15) is 30.7 Å². The van der Waals surface area contributed by atoms with Crippen molar-refractivity contribution in [2.45, 2.75) is 25.1 Å². The van der Waals surface area contributed by atoms with Crippen molar-refractivity contribution in [1.82, 2.24) is 0 Å². The Balaban J connectivity index is 2.80. The van der Waals surface area contributed by atoms with Crippen molar-refractivity contribution in [2.24, 2.45) is 5.92 Å². The molecule has 0 N–H and O–H groups in total. The van der Waals surface area contributed by atoms with Crippen molar-refractivity contribution in [2.75, 3.05) is 0 Å². The summed E-state index contributed by atoms with van der Waals surface area (Å²) in [5.41, 5.74) is 1.19. The van der Waals surface area contributed by atoms with E-state index in [4.69, 9.17) is 23.2 Å². The Bertz CT molecular complexity index is 310. The second-order valence-electron chi connectivity index (χ2n) is 3.77. The Labute approximate surface area is 104 Å². The molecule has 1 unspecified atom stereocenters. The van der Waals surface area contributed by atoms with E-state index in [1.54, 1.807) is 0 Å². The van der Waals surface area contributed by atoms with Gasteiger partial charge in [-0.1, -0.05) is 59.0 Å². The molecule has 0 bridgehead atoms.